The van der Waals surface area contributed by atoms with Gasteiger partial charge in [0.2, 0.25) is 0 Å². The molecule has 0 aliphatic carbocycles. The third kappa shape index (κ3) is 3.51. The molecule has 0 spiro atoms. The number of hydrogen-bond acceptors (Lipinski definition) is 1. The van der Waals surface area contributed by atoms with Crippen molar-refractivity contribution in [3.8, 4) is 0 Å². The Morgan fingerprint density at radius 1 is 1.00 bits per heavy atom. The van der Waals surface area contributed by atoms with Crippen LogP contribution in [0.3, 0.4) is 0 Å². The lowest BCUT2D eigenvalue weighted by Crippen LogP contribution is -2.21. The molecule has 2 rings (SSSR count). The fourth-order valence-electron chi connectivity index (χ4n) is 2.08. The third-order valence-corrected chi connectivity index (χ3v) is 3.95. The van der Waals surface area contributed by atoms with Crippen LogP contribution < -0.4 is 5.32 Å². The normalized spacial score (nSPS) is 12.5. The largest absolute Gasteiger partial charge is 0.313 e. The summed E-state index contributed by atoms with van der Waals surface area (Å²) in [7, 11) is 1.61. The Kier molecular flexibility index (Phi) is 5.14. The maximum atomic E-state index is 13.8. The van der Waals surface area contributed by atoms with Crippen molar-refractivity contribution < 1.29 is 13.2 Å². The summed E-state index contributed by atoms with van der Waals surface area (Å²) >= 11 is 11.8. The fraction of sp³-hybridized carbons (Fsp3) is 0.200. The molecule has 0 radical (unpaired) electrons. The first-order valence-electron chi connectivity index (χ1n) is 6.18. The zero-order chi connectivity index (χ0) is 15.6. The van der Waals surface area contributed by atoms with E-state index in [9.17, 15) is 13.2 Å². The summed E-state index contributed by atoms with van der Waals surface area (Å²) in [6.45, 7) is 0. The van der Waals surface area contributed by atoms with Crippen LogP contribution >= 0.6 is 23.2 Å². The van der Waals surface area contributed by atoms with Crippen molar-refractivity contribution in [2.24, 2.45) is 0 Å². The summed E-state index contributed by atoms with van der Waals surface area (Å²) in [5.41, 5.74) is 0.857. The Bertz CT molecular complexity index is 662. The molecule has 0 bridgehead atoms. The van der Waals surface area contributed by atoms with Gasteiger partial charge in [-0.2, -0.15) is 0 Å². The predicted octanol–water partition coefficient (Wildman–Crippen LogP) is 4.91. The molecule has 1 unspecified atom stereocenters. The standard InChI is InChI=1S/C15H12Cl2F3N/c1-21-13(7-8-2-4-10(16)11(17)6-8)9-3-5-12(18)15(20)14(9)19/h2-6,13,21H,7H2,1H3. The average Bonchev–Trinajstić information content (AvgIpc) is 2.47. The summed E-state index contributed by atoms with van der Waals surface area (Å²) in [5.74, 6) is -3.86. The Labute approximate surface area is 130 Å². The Morgan fingerprint density at radius 3 is 2.33 bits per heavy atom. The van der Waals surface area contributed by atoms with Gasteiger partial charge in [0.1, 0.15) is 0 Å². The molecular formula is C15H12Cl2F3N. The Hall–Kier alpha value is -1.23. The van der Waals surface area contributed by atoms with E-state index in [1.54, 1.807) is 25.2 Å². The lowest BCUT2D eigenvalue weighted by molar-refractivity contribution is 0.428. The third-order valence-electron chi connectivity index (χ3n) is 3.21. The van der Waals surface area contributed by atoms with Gasteiger partial charge in [-0.05, 0) is 37.2 Å². The number of likely N-dealkylation sites (N-methyl/N-ethyl adjacent to an activating group) is 1. The van der Waals surface area contributed by atoms with Gasteiger partial charge in [-0.15, -0.1) is 0 Å². The summed E-state index contributed by atoms with van der Waals surface area (Å²) in [4.78, 5) is 0. The van der Waals surface area contributed by atoms with E-state index < -0.39 is 23.5 Å². The van der Waals surface area contributed by atoms with E-state index in [1.807, 2.05) is 0 Å². The molecule has 1 N–H and O–H groups in total. The number of benzene rings is 2. The zero-order valence-corrected chi connectivity index (χ0v) is 12.6. The van der Waals surface area contributed by atoms with Gasteiger partial charge in [0.05, 0.1) is 10.0 Å². The van der Waals surface area contributed by atoms with Gasteiger partial charge in [-0.25, -0.2) is 13.2 Å². The van der Waals surface area contributed by atoms with Crippen LogP contribution in [0.15, 0.2) is 30.3 Å². The molecule has 0 saturated carbocycles. The van der Waals surface area contributed by atoms with E-state index >= 15 is 0 Å². The highest BCUT2D eigenvalue weighted by atomic mass is 35.5. The lowest BCUT2D eigenvalue weighted by atomic mass is 9.98. The average molecular weight is 334 g/mol. The molecule has 21 heavy (non-hydrogen) atoms. The number of rotatable bonds is 4. The van der Waals surface area contributed by atoms with E-state index in [-0.39, 0.29) is 5.56 Å². The van der Waals surface area contributed by atoms with Gasteiger partial charge in [-0.1, -0.05) is 35.3 Å². The van der Waals surface area contributed by atoms with Crippen molar-refractivity contribution in [2.45, 2.75) is 12.5 Å². The van der Waals surface area contributed by atoms with Crippen molar-refractivity contribution >= 4 is 23.2 Å². The minimum absolute atomic E-state index is 0.0578. The molecule has 1 nitrogen and oxygen atoms in total. The van der Waals surface area contributed by atoms with Crippen LogP contribution in [-0.4, -0.2) is 7.05 Å². The van der Waals surface area contributed by atoms with Crippen LogP contribution in [0.4, 0.5) is 13.2 Å². The van der Waals surface area contributed by atoms with Crippen molar-refractivity contribution in [1.82, 2.24) is 5.32 Å². The first-order chi connectivity index (χ1) is 9.93. The first kappa shape index (κ1) is 16.1. The Balaban J connectivity index is 2.32. The van der Waals surface area contributed by atoms with Gasteiger partial charge in [-0.3, -0.25) is 0 Å². The molecule has 2 aromatic rings. The lowest BCUT2D eigenvalue weighted by Gasteiger charge is -2.18. The monoisotopic (exact) mass is 333 g/mol. The van der Waals surface area contributed by atoms with Gasteiger partial charge in [0.15, 0.2) is 17.5 Å². The molecule has 2 aromatic carbocycles. The molecule has 0 heterocycles. The summed E-state index contributed by atoms with van der Waals surface area (Å²) in [6.07, 6.45) is 0.357. The van der Waals surface area contributed by atoms with Crippen LogP contribution in [0.1, 0.15) is 17.2 Å². The summed E-state index contributed by atoms with van der Waals surface area (Å²) in [6, 6.07) is 6.66. The molecule has 0 aromatic heterocycles. The van der Waals surface area contributed by atoms with E-state index in [1.165, 1.54) is 6.07 Å². The van der Waals surface area contributed by atoms with Crippen LogP contribution in [0.5, 0.6) is 0 Å². The van der Waals surface area contributed by atoms with Crippen molar-refractivity contribution in [3.05, 3.63) is 69.0 Å². The minimum atomic E-state index is -1.47. The molecule has 0 amide bonds. The molecule has 0 saturated heterocycles. The smallest absolute Gasteiger partial charge is 0.194 e. The molecule has 0 fully saturated rings. The topological polar surface area (TPSA) is 12.0 Å². The number of hydrogen-bond donors (Lipinski definition) is 1. The second-order valence-electron chi connectivity index (χ2n) is 4.56. The van der Waals surface area contributed by atoms with E-state index in [0.717, 1.165) is 11.6 Å². The maximum Gasteiger partial charge on any atom is 0.194 e. The maximum absolute atomic E-state index is 13.8. The van der Waals surface area contributed by atoms with Gasteiger partial charge in [0, 0.05) is 11.6 Å². The fourth-order valence-corrected chi connectivity index (χ4v) is 2.40. The second-order valence-corrected chi connectivity index (χ2v) is 5.37. The highest BCUT2D eigenvalue weighted by Gasteiger charge is 2.20. The van der Waals surface area contributed by atoms with Gasteiger partial charge in [0.25, 0.3) is 0 Å². The molecular weight excluding hydrogens is 322 g/mol. The summed E-state index contributed by atoms with van der Waals surface area (Å²) < 4.78 is 40.2. The van der Waals surface area contributed by atoms with Crippen molar-refractivity contribution in [3.63, 3.8) is 0 Å². The molecule has 6 heteroatoms. The van der Waals surface area contributed by atoms with E-state index in [2.05, 4.69) is 5.32 Å². The SMILES string of the molecule is CNC(Cc1ccc(Cl)c(Cl)c1)c1ccc(F)c(F)c1F. The van der Waals surface area contributed by atoms with Crippen LogP contribution in [0.2, 0.25) is 10.0 Å². The quantitative estimate of drug-likeness (QED) is 0.783. The predicted molar refractivity (Wildman–Crippen MR) is 78.3 cm³/mol. The van der Waals surface area contributed by atoms with Crippen LogP contribution in [0, 0.1) is 17.5 Å². The van der Waals surface area contributed by atoms with Crippen molar-refractivity contribution in [2.75, 3.05) is 7.05 Å². The van der Waals surface area contributed by atoms with Crippen molar-refractivity contribution in [1.29, 1.82) is 0 Å². The second kappa shape index (κ2) is 6.69. The minimum Gasteiger partial charge on any atom is -0.313 e. The van der Waals surface area contributed by atoms with E-state index in [4.69, 9.17) is 23.2 Å². The zero-order valence-electron chi connectivity index (χ0n) is 11.1. The van der Waals surface area contributed by atoms with E-state index in [0.29, 0.717) is 16.5 Å². The Morgan fingerprint density at radius 2 is 1.71 bits per heavy atom. The molecule has 0 aliphatic rings. The molecule has 0 aliphatic heterocycles. The first-order valence-corrected chi connectivity index (χ1v) is 6.94. The number of nitrogens with one attached hydrogen (secondary N) is 1. The number of halogens is 5. The van der Waals surface area contributed by atoms with Crippen LogP contribution in [-0.2, 0) is 6.42 Å². The van der Waals surface area contributed by atoms with Gasteiger partial charge < -0.3 is 5.32 Å². The molecule has 1 atom stereocenters. The van der Waals surface area contributed by atoms with Crippen LogP contribution in [0.25, 0.3) is 0 Å². The van der Waals surface area contributed by atoms with Gasteiger partial charge >= 0.3 is 0 Å². The summed E-state index contributed by atoms with van der Waals surface area (Å²) in [5, 5.41) is 3.68. The molecule has 112 valence electrons. The highest BCUT2D eigenvalue weighted by molar-refractivity contribution is 6.42. The highest BCUT2D eigenvalue weighted by Crippen LogP contribution is 2.27.